The van der Waals surface area contributed by atoms with E-state index in [0.29, 0.717) is 5.56 Å². The maximum Gasteiger partial charge on any atom is 0.221 e. The first-order valence-corrected chi connectivity index (χ1v) is 7.30. The summed E-state index contributed by atoms with van der Waals surface area (Å²) in [4.78, 5) is 3.73. The lowest BCUT2D eigenvalue weighted by molar-refractivity contribution is -0.107. The number of methoxy groups -OCH3 is 2. The first-order valence-electron chi connectivity index (χ1n) is 6.43. The Morgan fingerprint density at radius 1 is 1.10 bits per heavy atom. The van der Waals surface area contributed by atoms with Crippen molar-refractivity contribution < 1.29 is 13.9 Å². The van der Waals surface area contributed by atoms with Crippen LogP contribution in [0.3, 0.4) is 0 Å². The van der Waals surface area contributed by atoms with Crippen molar-refractivity contribution in [2.24, 2.45) is 0 Å². The largest absolute Gasteiger partial charge is 0.351 e. The van der Waals surface area contributed by atoms with E-state index in [-0.39, 0.29) is 0 Å². The fraction of sp³-hybridized carbons (Fsp3) is 0.188. The van der Waals surface area contributed by atoms with E-state index in [1.165, 1.54) is 20.4 Å². The molecule has 0 fully saturated rings. The van der Waals surface area contributed by atoms with Crippen molar-refractivity contribution in [1.29, 1.82) is 0 Å². The Bertz CT molecular complexity index is 768. The summed E-state index contributed by atoms with van der Waals surface area (Å²) in [7, 11) is 2.96. The van der Waals surface area contributed by atoms with Gasteiger partial charge in [-0.05, 0) is 28.5 Å². The Morgan fingerprint density at radius 2 is 1.90 bits per heavy atom. The van der Waals surface area contributed by atoms with Gasteiger partial charge in [0, 0.05) is 30.7 Å². The Kier molecular flexibility index (Phi) is 3.96. The van der Waals surface area contributed by atoms with Gasteiger partial charge in [-0.25, -0.2) is 4.98 Å². The lowest BCUT2D eigenvalue weighted by atomic mass is 10.00. The number of ether oxygens (including phenoxy) is 2. The smallest absolute Gasteiger partial charge is 0.221 e. The molecule has 0 unspecified atom stereocenters. The molecule has 0 N–H and O–H groups in total. The van der Waals surface area contributed by atoms with Crippen molar-refractivity contribution in [3.05, 3.63) is 53.4 Å². The second-order valence-corrected chi connectivity index (χ2v) is 5.43. The zero-order chi connectivity index (χ0) is 14.8. The van der Waals surface area contributed by atoms with Crippen molar-refractivity contribution in [2.45, 2.75) is 6.29 Å². The molecule has 0 amide bonds. The summed E-state index contributed by atoms with van der Waals surface area (Å²) in [6, 6.07) is 9.81. The van der Waals surface area contributed by atoms with Crippen molar-refractivity contribution in [3.63, 3.8) is 0 Å². The Morgan fingerprint density at radius 3 is 2.67 bits per heavy atom. The van der Waals surface area contributed by atoms with E-state index < -0.39 is 12.2 Å². The van der Waals surface area contributed by atoms with Crippen LogP contribution in [0, 0.1) is 5.95 Å². The summed E-state index contributed by atoms with van der Waals surface area (Å²) in [5.41, 5.74) is 2.02. The van der Waals surface area contributed by atoms with Crippen LogP contribution in [0.4, 0.5) is 4.39 Å². The molecular formula is C16H14FNO2S. The van der Waals surface area contributed by atoms with E-state index >= 15 is 0 Å². The zero-order valence-corrected chi connectivity index (χ0v) is 12.5. The van der Waals surface area contributed by atoms with Gasteiger partial charge in [0.05, 0.1) is 5.56 Å². The number of fused-ring (bicyclic) bond motifs is 1. The molecule has 0 bridgehead atoms. The highest BCUT2D eigenvalue weighted by Gasteiger charge is 2.22. The Balaban J connectivity index is 2.27. The summed E-state index contributed by atoms with van der Waals surface area (Å²) in [6.07, 6.45) is 0.673. The monoisotopic (exact) mass is 303 g/mol. The lowest BCUT2D eigenvalue weighted by Gasteiger charge is -2.18. The molecule has 0 saturated heterocycles. The number of aromatic nitrogens is 1. The predicted molar refractivity (Wildman–Crippen MR) is 81.8 cm³/mol. The van der Waals surface area contributed by atoms with E-state index in [2.05, 4.69) is 4.98 Å². The Labute approximate surface area is 126 Å². The van der Waals surface area contributed by atoms with Gasteiger partial charge < -0.3 is 9.47 Å². The van der Waals surface area contributed by atoms with Gasteiger partial charge in [-0.2, -0.15) is 4.39 Å². The first-order chi connectivity index (χ1) is 10.3. The molecule has 2 heterocycles. The standard InChI is InChI=1S/C16H14FNO2S/c1-19-16(20-2)13-11(6-8-18-15(13)17)12-5-3-4-10-7-9-21-14(10)12/h3-9,16H,1-2H3. The van der Waals surface area contributed by atoms with Gasteiger partial charge in [0.15, 0.2) is 6.29 Å². The number of pyridine rings is 1. The third-order valence-electron chi connectivity index (χ3n) is 3.37. The maximum atomic E-state index is 14.2. The highest BCUT2D eigenvalue weighted by atomic mass is 32.1. The van der Waals surface area contributed by atoms with Crippen LogP contribution in [0.15, 0.2) is 41.9 Å². The topological polar surface area (TPSA) is 31.4 Å². The van der Waals surface area contributed by atoms with Gasteiger partial charge in [0.25, 0.3) is 0 Å². The van der Waals surface area contributed by atoms with Gasteiger partial charge in [-0.15, -0.1) is 11.3 Å². The van der Waals surface area contributed by atoms with E-state index in [9.17, 15) is 4.39 Å². The molecule has 3 rings (SSSR count). The van der Waals surface area contributed by atoms with Crippen molar-refractivity contribution >= 4 is 21.4 Å². The molecule has 0 radical (unpaired) electrons. The average molecular weight is 303 g/mol. The molecule has 3 nitrogen and oxygen atoms in total. The summed E-state index contributed by atoms with van der Waals surface area (Å²) >= 11 is 1.63. The summed E-state index contributed by atoms with van der Waals surface area (Å²) in [5, 5.41) is 3.15. The summed E-state index contributed by atoms with van der Waals surface area (Å²) in [6.45, 7) is 0. The second kappa shape index (κ2) is 5.89. The van der Waals surface area contributed by atoms with E-state index in [4.69, 9.17) is 9.47 Å². The van der Waals surface area contributed by atoms with E-state index in [1.54, 1.807) is 17.4 Å². The van der Waals surface area contributed by atoms with Gasteiger partial charge in [-0.3, -0.25) is 0 Å². The van der Waals surface area contributed by atoms with Crippen LogP contribution in [0.2, 0.25) is 0 Å². The van der Waals surface area contributed by atoms with Crippen LogP contribution < -0.4 is 0 Å². The van der Waals surface area contributed by atoms with Crippen LogP contribution in [-0.4, -0.2) is 19.2 Å². The quantitative estimate of drug-likeness (QED) is 0.529. The molecule has 0 aliphatic heterocycles. The van der Waals surface area contributed by atoms with Crippen molar-refractivity contribution in [1.82, 2.24) is 4.98 Å². The number of nitrogens with zero attached hydrogens (tertiary/aromatic N) is 1. The summed E-state index contributed by atoms with van der Waals surface area (Å²) < 4.78 is 25.8. The first kappa shape index (κ1) is 14.1. The van der Waals surface area contributed by atoms with Gasteiger partial charge in [-0.1, -0.05) is 18.2 Å². The number of benzene rings is 1. The van der Waals surface area contributed by atoms with E-state index in [0.717, 1.165) is 21.2 Å². The minimum atomic E-state index is -0.788. The van der Waals surface area contributed by atoms with Crippen LogP contribution in [0.1, 0.15) is 11.9 Å². The van der Waals surface area contributed by atoms with Crippen LogP contribution in [-0.2, 0) is 9.47 Å². The molecule has 1 aromatic carbocycles. The molecule has 21 heavy (non-hydrogen) atoms. The fourth-order valence-electron chi connectivity index (χ4n) is 2.44. The van der Waals surface area contributed by atoms with Crippen LogP contribution in [0.5, 0.6) is 0 Å². The molecule has 2 aromatic heterocycles. The van der Waals surface area contributed by atoms with Gasteiger partial charge in [0.2, 0.25) is 5.95 Å². The number of halogens is 1. The summed E-state index contributed by atoms with van der Waals surface area (Å²) in [5.74, 6) is -0.574. The fourth-order valence-corrected chi connectivity index (χ4v) is 3.37. The molecule has 0 spiro atoms. The molecule has 5 heteroatoms. The third-order valence-corrected chi connectivity index (χ3v) is 4.34. The van der Waals surface area contributed by atoms with Crippen LogP contribution >= 0.6 is 11.3 Å². The number of thiophene rings is 1. The maximum absolute atomic E-state index is 14.2. The minimum absolute atomic E-state index is 0.323. The van der Waals surface area contributed by atoms with Crippen LogP contribution in [0.25, 0.3) is 21.2 Å². The highest BCUT2D eigenvalue weighted by molar-refractivity contribution is 7.17. The number of hydrogen-bond donors (Lipinski definition) is 0. The zero-order valence-electron chi connectivity index (χ0n) is 11.7. The molecule has 0 atom stereocenters. The SMILES string of the molecule is COC(OC)c1c(-c2cccc3ccsc23)ccnc1F. The molecule has 108 valence electrons. The molecular weight excluding hydrogens is 289 g/mol. The second-order valence-electron chi connectivity index (χ2n) is 4.51. The van der Waals surface area contributed by atoms with Crippen molar-refractivity contribution in [3.8, 4) is 11.1 Å². The van der Waals surface area contributed by atoms with Crippen molar-refractivity contribution in [2.75, 3.05) is 14.2 Å². The average Bonchev–Trinajstić information content (AvgIpc) is 2.98. The Hall–Kier alpha value is -1.82. The number of hydrogen-bond acceptors (Lipinski definition) is 4. The molecule has 0 aliphatic carbocycles. The minimum Gasteiger partial charge on any atom is -0.351 e. The third kappa shape index (κ3) is 2.44. The molecule has 0 saturated carbocycles. The predicted octanol–water partition coefficient (Wildman–Crippen LogP) is 4.39. The normalized spacial score (nSPS) is 11.4. The lowest BCUT2D eigenvalue weighted by Crippen LogP contribution is -2.09. The number of rotatable bonds is 4. The molecule has 0 aliphatic rings. The van der Waals surface area contributed by atoms with Gasteiger partial charge >= 0.3 is 0 Å². The highest BCUT2D eigenvalue weighted by Crippen LogP contribution is 2.37. The molecule has 3 aromatic rings. The van der Waals surface area contributed by atoms with Gasteiger partial charge in [0.1, 0.15) is 0 Å². The van der Waals surface area contributed by atoms with E-state index in [1.807, 2.05) is 29.6 Å².